The lowest BCUT2D eigenvalue weighted by atomic mass is 9.87. The molecule has 0 bridgehead atoms. The van der Waals surface area contributed by atoms with Crippen molar-refractivity contribution in [1.29, 1.82) is 0 Å². The molecule has 56 heavy (non-hydrogen) atoms. The lowest BCUT2D eigenvalue weighted by molar-refractivity contribution is 1.18. The molecule has 0 unspecified atom stereocenters. The van der Waals surface area contributed by atoms with Crippen LogP contribution in [0.3, 0.4) is 0 Å². The molecule has 0 N–H and O–H groups in total. The van der Waals surface area contributed by atoms with Crippen LogP contribution < -0.4 is 0 Å². The molecule has 11 rings (SSSR count). The minimum absolute atomic E-state index is 0.705. The minimum atomic E-state index is 0.705. The summed E-state index contributed by atoms with van der Waals surface area (Å²) in [5.41, 5.74) is 17.4. The summed E-state index contributed by atoms with van der Waals surface area (Å²) in [6, 6.07) is 74.0. The maximum absolute atomic E-state index is 5.09. The number of fused-ring (bicyclic) bond motifs is 4. The molecule has 0 amide bonds. The monoisotopic (exact) mass is 710 g/mol. The van der Waals surface area contributed by atoms with Gasteiger partial charge in [-0.3, -0.25) is 0 Å². The molecule has 0 saturated heterocycles. The van der Waals surface area contributed by atoms with Crippen LogP contribution in [0.4, 0.5) is 0 Å². The Morgan fingerprint density at radius 2 is 0.768 bits per heavy atom. The van der Waals surface area contributed by atoms with Crippen LogP contribution in [-0.4, -0.2) is 9.97 Å². The SMILES string of the molecule is c1ccc(-c2cc(-c3ccccc3)nc(-c3ccc(-c4c(-c5cccc(-c6ccc7c8c(cccc68)-c6ccccc6-7)c5)ccc5ccccc45)cc3)n2)cc1. The molecule has 0 radical (unpaired) electrons. The predicted octanol–water partition coefficient (Wildman–Crippen LogP) is 14.4. The molecular formula is C54H34N2. The topological polar surface area (TPSA) is 25.8 Å². The number of nitrogens with zero attached hydrogens (tertiary/aromatic N) is 2. The van der Waals surface area contributed by atoms with Crippen molar-refractivity contribution in [2.75, 3.05) is 0 Å². The van der Waals surface area contributed by atoms with E-state index in [1.165, 1.54) is 71.6 Å². The Balaban J connectivity index is 1.03. The second-order valence-corrected chi connectivity index (χ2v) is 14.5. The Morgan fingerprint density at radius 1 is 0.268 bits per heavy atom. The van der Waals surface area contributed by atoms with E-state index in [1.54, 1.807) is 0 Å². The molecule has 1 aliphatic carbocycles. The smallest absolute Gasteiger partial charge is 0.160 e. The van der Waals surface area contributed by atoms with Gasteiger partial charge in [0.05, 0.1) is 11.4 Å². The van der Waals surface area contributed by atoms with Crippen LogP contribution in [0.25, 0.3) is 111 Å². The maximum atomic E-state index is 5.09. The summed E-state index contributed by atoms with van der Waals surface area (Å²) in [6.07, 6.45) is 0. The van der Waals surface area contributed by atoms with Crippen LogP contribution in [0.2, 0.25) is 0 Å². The van der Waals surface area contributed by atoms with Gasteiger partial charge >= 0.3 is 0 Å². The van der Waals surface area contributed by atoms with Gasteiger partial charge in [0.25, 0.3) is 0 Å². The van der Waals surface area contributed by atoms with Gasteiger partial charge in [0.15, 0.2) is 5.82 Å². The first kappa shape index (κ1) is 32.0. The normalized spacial score (nSPS) is 11.6. The van der Waals surface area contributed by atoms with Crippen molar-refractivity contribution in [3.63, 3.8) is 0 Å². The second kappa shape index (κ2) is 13.2. The lowest BCUT2D eigenvalue weighted by Crippen LogP contribution is -1.96. The molecule has 2 heteroatoms. The first-order valence-corrected chi connectivity index (χ1v) is 19.2. The summed E-state index contributed by atoms with van der Waals surface area (Å²) >= 11 is 0. The van der Waals surface area contributed by atoms with Gasteiger partial charge in [0, 0.05) is 16.7 Å². The summed E-state index contributed by atoms with van der Waals surface area (Å²) < 4.78 is 0. The number of rotatable bonds is 6. The molecule has 9 aromatic carbocycles. The first-order valence-electron chi connectivity index (χ1n) is 19.2. The number of hydrogen-bond donors (Lipinski definition) is 0. The number of aromatic nitrogens is 2. The van der Waals surface area contributed by atoms with E-state index in [2.05, 4.69) is 194 Å². The van der Waals surface area contributed by atoms with Gasteiger partial charge in [0.2, 0.25) is 0 Å². The van der Waals surface area contributed by atoms with Gasteiger partial charge in [-0.15, -0.1) is 0 Å². The van der Waals surface area contributed by atoms with Crippen molar-refractivity contribution in [2.24, 2.45) is 0 Å². The summed E-state index contributed by atoms with van der Waals surface area (Å²) in [5.74, 6) is 0.705. The summed E-state index contributed by atoms with van der Waals surface area (Å²) in [5, 5.41) is 5.07. The second-order valence-electron chi connectivity index (χ2n) is 14.5. The van der Waals surface area contributed by atoms with Crippen LogP contribution in [0, 0.1) is 0 Å². The molecule has 2 nitrogen and oxygen atoms in total. The zero-order chi connectivity index (χ0) is 37.0. The van der Waals surface area contributed by atoms with E-state index in [0.717, 1.165) is 33.6 Å². The quantitative estimate of drug-likeness (QED) is 0.172. The minimum Gasteiger partial charge on any atom is -0.228 e. The van der Waals surface area contributed by atoms with Crippen molar-refractivity contribution >= 4 is 21.5 Å². The first-order chi connectivity index (χ1) is 27.8. The third-order valence-corrected chi connectivity index (χ3v) is 11.3. The van der Waals surface area contributed by atoms with Crippen molar-refractivity contribution in [1.82, 2.24) is 9.97 Å². The summed E-state index contributed by atoms with van der Waals surface area (Å²) in [6.45, 7) is 0. The Bertz CT molecular complexity index is 3020. The molecule has 1 heterocycles. The Morgan fingerprint density at radius 3 is 1.48 bits per heavy atom. The van der Waals surface area contributed by atoms with E-state index in [9.17, 15) is 0 Å². The molecule has 1 aliphatic rings. The van der Waals surface area contributed by atoms with Crippen LogP contribution in [0.15, 0.2) is 206 Å². The molecule has 1 aromatic heterocycles. The predicted molar refractivity (Wildman–Crippen MR) is 234 cm³/mol. The molecular weight excluding hydrogens is 677 g/mol. The van der Waals surface area contributed by atoms with Crippen LogP contribution in [0.5, 0.6) is 0 Å². The van der Waals surface area contributed by atoms with Crippen LogP contribution >= 0.6 is 0 Å². The molecule has 260 valence electrons. The van der Waals surface area contributed by atoms with E-state index in [0.29, 0.717) is 5.82 Å². The molecule has 0 fully saturated rings. The summed E-state index contributed by atoms with van der Waals surface area (Å²) in [4.78, 5) is 10.2. The fourth-order valence-corrected chi connectivity index (χ4v) is 8.61. The highest BCUT2D eigenvalue weighted by atomic mass is 14.9. The van der Waals surface area contributed by atoms with Crippen molar-refractivity contribution in [3.05, 3.63) is 206 Å². The average molecular weight is 711 g/mol. The maximum Gasteiger partial charge on any atom is 0.160 e. The largest absolute Gasteiger partial charge is 0.228 e. The fraction of sp³-hybridized carbons (Fsp3) is 0. The lowest BCUT2D eigenvalue weighted by Gasteiger charge is -2.16. The molecule has 0 spiro atoms. The van der Waals surface area contributed by atoms with E-state index in [1.807, 2.05) is 12.1 Å². The van der Waals surface area contributed by atoms with Crippen molar-refractivity contribution < 1.29 is 0 Å². The number of benzene rings is 9. The third-order valence-electron chi connectivity index (χ3n) is 11.3. The van der Waals surface area contributed by atoms with Gasteiger partial charge in [-0.1, -0.05) is 194 Å². The Kier molecular flexibility index (Phi) is 7.53. The zero-order valence-corrected chi connectivity index (χ0v) is 30.5. The fourth-order valence-electron chi connectivity index (χ4n) is 8.61. The van der Waals surface area contributed by atoms with Gasteiger partial charge < -0.3 is 0 Å². The highest BCUT2D eigenvalue weighted by molar-refractivity contribution is 6.18. The zero-order valence-electron chi connectivity index (χ0n) is 30.5. The highest BCUT2D eigenvalue weighted by Gasteiger charge is 2.22. The van der Waals surface area contributed by atoms with E-state index in [-0.39, 0.29) is 0 Å². The number of hydrogen-bond acceptors (Lipinski definition) is 2. The third kappa shape index (κ3) is 5.34. The molecule has 0 aliphatic heterocycles. The van der Waals surface area contributed by atoms with E-state index >= 15 is 0 Å². The Labute approximate surface area is 326 Å². The molecule has 0 saturated carbocycles. The highest BCUT2D eigenvalue weighted by Crippen LogP contribution is 2.49. The van der Waals surface area contributed by atoms with E-state index in [4.69, 9.17) is 9.97 Å². The van der Waals surface area contributed by atoms with E-state index < -0.39 is 0 Å². The van der Waals surface area contributed by atoms with Crippen LogP contribution in [0.1, 0.15) is 0 Å². The van der Waals surface area contributed by atoms with Gasteiger partial charge in [-0.2, -0.15) is 0 Å². The standard InChI is InChI=1S/C54H34N2/c1-3-14-36(15-4-1)50-34-51(37-16-5-2-6-17-37)56-54(55-50)39-27-25-38(26-28-39)52-43-20-8-7-13-35(43)29-30-44(52)41-19-11-18-40(33-41)42-31-32-49-46-22-10-9-21-45(46)48-24-12-23-47(42)53(48)49/h1-34H. The molecule has 0 atom stereocenters. The van der Waals surface area contributed by atoms with Crippen molar-refractivity contribution in [2.45, 2.75) is 0 Å². The van der Waals surface area contributed by atoms with Gasteiger partial charge in [-0.05, 0) is 89.3 Å². The average Bonchev–Trinajstić information content (AvgIpc) is 3.61. The van der Waals surface area contributed by atoms with Gasteiger partial charge in [-0.25, -0.2) is 9.97 Å². The summed E-state index contributed by atoms with van der Waals surface area (Å²) in [7, 11) is 0. The molecule has 10 aromatic rings. The van der Waals surface area contributed by atoms with Crippen LogP contribution in [-0.2, 0) is 0 Å². The van der Waals surface area contributed by atoms with Gasteiger partial charge in [0.1, 0.15) is 0 Å². The Hall–Kier alpha value is -7.42. The van der Waals surface area contributed by atoms with Crippen molar-refractivity contribution in [3.8, 4) is 89.5 Å².